The quantitative estimate of drug-likeness (QED) is 0.656. The number of hydrogen-bond donors (Lipinski definition) is 1. The third-order valence-electron chi connectivity index (χ3n) is 7.19. The van der Waals surface area contributed by atoms with Gasteiger partial charge in [-0.05, 0) is 37.1 Å². The van der Waals surface area contributed by atoms with Crippen LogP contribution in [0.2, 0.25) is 0 Å². The van der Waals surface area contributed by atoms with Gasteiger partial charge in [-0.15, -0.1) is 0 Å². The maximum absolute atomic E-state index is 14.1. The SMILES string of the molecule is CC(=O)C1=NN2c3cc(F)ccc3OCC2[C@]1(CCCCN1CCNCC1)c1ccccc1. The smallest absolute Gasteiger partial charge is 0.176 e. The van der Waals surface area contributed by atoms with Crippen LogP contribution in [0.25, 0.3) is 0 Å². The summed E-state index contributed by atoms with van der Waals surface area (Å²) < 4.78 is 20.2. The van der Waals surface area contributed by atoms with Crippen molar-refractivity contribution in [2.24, 2.45) is 5.10 Å². The van der Waals surface area contributed by atoms with Gasteiger partial charge in [0.25, 0.3) is 0 Å². The molecule has 2 atom stereocenters. The van der Waals surface area contributed by atoms with E-state index in [1.807, 2.05) is 23.2 Å². The highest BCUT2D eigenvalue weighted by Crippen LogP contribution is 2.48. The first-order valence-corrected chi connectivity index (χ1v) is 11.9. The normalized spacial score (nSPS) is 24.6. The number of unbranched alkanes of at least 4 members (excludes halogenated alkanes) is 1. The Kier molecular flexibility index (Phi) is 6.17. The van der Waals surface area contributed by atoms with Crippen LogP contribution in [-0.2, 0) is 10.2 Å². The fraction of sp³-hybridized carbons (Fsp3) is 0.462. The van der Waals surface area contributed by atoms with Gasteiger partial charge in [0.1, 0.15) is 35.6 Å². The van der Waals surface area contributed by atoms with E-state index < -0.39 is 5.41 Å². The predicted octanol–water partition coefficient (Wildman–Crippen LogP) is 3.37. The van der Waals surface area contributed by atoms with Crippen molar-refractivity contribution in [2.75, 3.05) is 44.3 Å². The van der Waals surface area contributed by atoms with Crippen LogP contribution in [0.1, 0.15) is 31.7 Å². The molecule has 0 spiro atoms. The van der Waals surface area contributed by atoms with E-state index in [0.717, 1.165) is 57.5 Å². The van der Waals surface area contributed by atoms with E-state index in [9.17, 15) is 9.18 Å². The molecule has 174 valence electrons. The van der Waals surface area contributed by atoms with Crippen LogP contribution in [0, 0.1) is 5.82 Å². The number of carbonyl (C=O) groups excluding carboxylic acids is 1. The molecular weight excluding hydrogens is 419 g/mol. The first-order chi connectivity index (χ1) is 16.1. The van der Waals surface area contributed by atoms with Crippen LogP contribution in [0.15, 0.2) is 53.6 Å². The van der Waals surface area contributed by atoms with Gasteiger partial charge in [0.2, 0.25) is 0 Å². The Labute approximate surface area is 194 Å². The zero-order valence-electron chi connectivity index (χ0n) is 19.1. The number of nitrogens with zero attached hydrogens (tertiary/aromatic N) is 3. The number of ether oxygens (including phenoxy) is 1. The Morgan fingerprint density at radius 2 is 1.97 bits per heavy atom. The number of benzene rings is 2. The number of carbonyl (C=O) groups is 1. The first-order valence-electron chi connectivity index (χ1n) is 11.9. The van der Waals surface area contributed by atoms with Crippen LogP contribution in [0.3, 0.4) is 0 Å². The van der Waals surface area contributed by atoms with E-state index in [-0.39, 0.29) is 17.6 Å². The number of hydrogen-bond acceptors (Lipinski definition) is 6. The van der Waals surface area contributed by atoms with Crippen LogP contribution in [0.4, 0.5) is 10.1 Å². The highest BCUT2D eigenvalue weighted by atomic mass is 19.1. The molecule has 1 unspecified atom stereocenters. The number of piperazine rings is 1. The molecule has 3 aliphatic heterocycles. The summed E-state index contributed by atoms with van der Waals surface area (Å²) in [5.41, 5.74) is 1.60. The number of nitrogens with one attached hydrogen (secondary N) is 1. The highest BCUT2D eigenvalue weighted by Gasteiger charge is 2.55. The lowest BCUT2D eigenvalue weighted by Gasteiger charge is -2.41. The minimum Gasteiger partial charge on any atom is -0.489 e. The standard InChI is InChI=1S/C26H31FN4O2/c1-19(32)25-26(20-7-3-2-4-8-20,11-5-6-14-30-15-12-28-13-16-30)24-18-33-23-10-9-21(27)17-22(23)31(24)29-25/h2-4,7-10,17,24,28H,5-6,11-16,18H2,1H3/t24?,26-/m0/s1. The summed E-state index contributed by atoms with van der Waals surface area (Å²) in [6.07, 6.45) is 2.81. The summed E-state index contributed by atoms with van der Waals surface area (Å²) in [5, 5.41) is 10.1. The lowest BCUT2D eigenvalue weighted by atomic mass is 9.67. The molecule has 0 radical (unpaired) electrons. The molecule has 0 amide bonds. The van der Waals surface area contributed by atoms with Crippen molar-refractivity contribution in [3.05, 3.63) is 59.9 Å². The van der Waals surface area contributed by atoms with Crippen LogP contribution >= 0.6 is 0 Å². The summed E-state index contributed by atoms with van der Waals surface area (Å²) in [7, 11) is 0. The summed E-state index contributed by atoms with van der Waals surface area (Å²) in [6.45, 7) is 7.28. The largest absolute Gasteiger partial charge is 0.489 e. The van der Waals surface area contributed by atoms with Gasteiger partial charge in [-0.1, -0.05) is 36.8 Å². The van der Waals surface area contributed by atoms with Crippen molar-refractivity contribution in [3.8, 4) is 5.75 Å². The third-order valence-corrected chi connectivity index (χ3v) is 7.19. The molecule has 0 bridgehead atoms. The second-order valence-electron chi connectivity index (χ2n) is 9.17. The molecule has 0 aromatic heterocycles. The van der Waals surface area contributed by atoms with E-state index in [0.29, 0.717) is 23.8 Å². The van der Waals surface area contributed by atoms with Crippen molar-refractivity contribution in [3.63, 3.8) is 0 Å². The molecule has 2 aromatic carbocycles. The number of Topliss-reactive ketones (excluding diaryl/α,β-unsaturated/α-hetero) is 1. The van der Waals surface area contributed by atoms with Gasteiger partial charge in [0.15, 0.2) is 5.78 Å². The van der Waals surface area contributed by atoms with E-state index >= 15 is 0 Å². The number of anilines is 1. The first kappa shape index (κ1) is 22.0. The molecule has 3 heterocycles. The van der Waals surface area contributed by atoms with Crippen molar-refractivity contribution >= 4 is 17.2 Å². The van der Waals surface area contributed by atoms with Crippen molar-refractivity contribution in [1.29, 1.82) is 0 Å². The molecule has 1 saturated heterocycles. The minimum atomic E-state index is -0.597. The lowest BCUT2D eigenvalue weighted by molar-refractivity contribution is -0.111. The predicted molar refractivity (Wildman–Crippen MR) is 128 cm³/mol. The van der Waals surface area contributed by atoms with E-state index in [2.05, 4.69) is 22.3 Å². The summed E-state index contributed by atoms with van der Waals surface area (Å²) in [5.74, 6) is 0.209. The molecule has 6 nitrogen and oxygen atoms in total. The van der Waals surface area contributed by atoms with Gasteiger partial charge in [-0.2, -0.15) is 5.10 Å². The Balaban J connectivity index is 1.48. The fourth-order valence-electron chi connectivity index (χ4n) is 5.58. The minimum absolute atomic E-state index is 0.0479. The van der Waals surface area contributed by atoms with Gasteiger partial charge < -0.3 is 15.0 Å². The Hall–Kier alpha value is -2.77. The summed E-state index contributed by atoms with van der Waals surface area (Å²) in [4.78, 5) is 15.4. The molecule has 5 rings (SSSR count). The van der Waals surface area contributed by atoms with E-state index in [4.69, 9.17) is 9.84 Å². The molecule has 1 N–H and O–H groups in total. The highest BCUT2D eigenvalue weighted by molar-refractivity contribution is 6.43. The van der Waals surface area contributed by atoms with Crippen molar-refractivity contribution < 1.29 is 13.9 Å². The second-order valence-corrected chi connectivity index (χ2v) is 9.17. The maximum atomic E-state index is 14.1. The number of hydrazone groups is 1. The monoisotopic (exact) mass is 450 g/mol. The molecule has 0 saturated carbocycles. The number of halogens is 1. The third kappa shape index (κ3) is 4.04. The maximum Gasteiger partial charge on any atom is 0.176 e. The number of ketones is 1. The number of fused-ring (bicyclic) bond motifs is 3. The Bertz CT molecular complexity index is 1040. The second kappa shape index (κ2) is 9.23. The van der Waals surface area contributed by atoms with Crippen molar-refractivity contribution in [2.45, 2.75) is 37.6 Å². The van der Waals surface area contributed by atoms with Crippen LogP contribution in [-0.4, -0.2) is 61.8 Å². The fourth-order valence-corrected chi connectivity index (χ4v) is 5.58. The van der Waals surface area contributed by atoms with Crippen molar-refractivity contribution in [1.82, 2.24) is 10.2 Å². The molecule has 0 aliphatic carbocycles. The van der Waals surface area contributed by atoms with Gasteiger partial charge in [-0.3, -0.25) is 9.80 Å². The molecule has 3 aliphatic rings. The van der Waals surface area contributed by atoms with Gasteiger partial charge in [0.05, 0.1) is 5.41 Å². The lowest BCUT2D eigenvalue weighted by Crippen LogP contribution is -2.53. The van der Waals surface area contributed by atoms with Gasteiger partial charge in [-0.25, -0.2) is 4.39 Å². The number of rotatable bonds is 7. The molecule has 2 aromatic rings. The zero-order valence-corrected chi connectivity index (χ0v) is 19.1. The summed E-state index contributed by atoms with van der Waals surface area (Å²) >= 11 is 0. The molecular formula is C26H31FN4O2. The van der Waals surface area contributed by atoms with Crippen LogP contribution < -0.4 is 15.1 Å². The van der Waals surface area contributed by atoms with Crippen LogP contribution in [0.5, 0.6) is 5.75 Å². The average Bonchev–Trinajstić information content (AvgIpc) is 3.19. The van der Waals surface area contributed by atoms with E-state index in [1.165, 1.54) is 12.1 Å². The summed E-state index contributed by atoms with van der Waals surface area (Å²) in [6, 6.07) is 14.5. The molecule has 7 heteroatoms. The van der Waals surface area contributed by atoms with Gasteiger partial charge in [0, 0.05) is 39.2 Å². The topological polar surface area (TPSA) is 57.2 Å². The molecule has 33 heavy (non-hydrogen) atoms. The Morgan fingerprint density at radius 1 is 1.18 bits per heavy atom. The molecule has 1 fully saturated rings. The van der Waals surface area contributed by atoms with E-state index in [1.54, 1.807) is 13.0 Å². The Morgan fingerprint density at radius 3 is 2.73 bits per heavy atom. The average molecular weight is 451 g/mol. The van der Waals surface area contributed by atoms with Gasteiger partial charge >= 0.3 is 0 Å². The zero-order chi connectivity index (χ0) is 22.8.